The molecule has 0 saturated heterocycles. The molecule has 17 heavy (non-hydrogen) atoms. The predicted octanol–water partition coefficient (Wildman–Crippen LogP) is 2.37. The summed E-state index contributed by atoms with van der Waals surface area (Å²) in [4.78, 5) is 7.68. The molecule has 3 N–H and O–H groups in total. The summed E-state index contributed by atoms with van der Waals surface area (Å²) in [6.07, 6.45) is 2.25. The lowest BCUT2D eigenvalue weighted by atomic mass is 10.1. The molecule has 2 aromatic rings. The number of hydrogen-bond donors (Lipinski definition) is 2. The number of nitrogen functional groups attached to an aromatic ring is 1. The van der Waals surface area contributed by atoms with Crippen LogP contribution in [0.3, 0.4) is 0 Å². The van der Waals surface area contributed by atoms with E-state index in [9.17, 15) is 4.39 Å². The number of hydrogen-bond acceptors (Lipinski definition) is 4. The van der Waals surface area contributed by atoms with Crippen LogP contribution in [0.5, 0.6) is 0 Å². The molecule has 0 fully saturated rings. The Balaban J connectivity index is 2.11. The van der Waals surface area contributed by atoms with Gasteiger partial charge in [-0.25, -0.2) is 14.4 Å². The van der Waals surface area contributed by atoms with Gasteiger partial charge in [0.25, 0.3) is 0 Å². The van der Waals surface area contributed by atoms with Gasteiger partial charge < -0.3 is 11.1 Å². The van der Waals surface area contributed by atoms with Crippen LogP contribution >= 0.6 is 0 Å². The van der Waals surface area contributed by atoms with E-state index >= 15 is 0 Å². The second-order valence-corrected chi connectivity index (χ2v) is 3.76. The number of anilines is 2. The first kappa shape index (κ1) is 11.3. The van der Waals surface area contributed by atoms with Crippen LogP contribution in [-0.2, 0) is 0 Å². The van der Waals surface area contributed by atoms with Gasteiger partial charge in [0.05, 0.1) is 18.4 Å². The zero-order chi connectivity index (χ0) is 12.3. The quantitative estimate of drug-likeness (QED) is 0.797. The van der Waals surface area contributed by atoms with E-state index in [2.05, 4.69) is 15.3 Å². The van der Waals surface area contributed by atoms with Crippen molar-refractivity contribution in [2.24, 2.45) is 0 Å². The van der Waals surface area contributed by atoms with Crippen LogP contribution in [0.15, 0.2) is 36.7 Å². The van der Waals surface area contributed by atoms with Crippen molar-refractivity contribution in [3.05, 3.63) is 48.0 Å². The Labute approximate surface area is 98.7 Å². The van der Waals surface area contributed by atoms with Gasteiger partial charge in [-0.3, -0.25) is 0 Å². The Morgan fingerprint density at radius 1 is 1.29 bits per heavy atom. The SMILES string of the molecule is CC(Nc1ncc(F)cn1)c1cccc(N)c1. The van der Waals surface area contributed by atoms with E-state index in [1.54, 1.807) is 0 Å². The molecule has 88 valence electrons. The number of rotatable bonds is 3. The molecule has 2 rings (SSSR count). The molecule has 4 nitrogen and oxygen atoms in total. The van der Waals surface area contributed by atoms with Gasteiger partial charge >= 0.3 is 0 Å². The van der Waals surface area contributed by atoms with Crippen LogP contribution in [0.1, 0.15) is 18.5 Å². The maximum atomic E-state index is 12.6. The number of nitrogens with two attached hydrogens (primary N) is 1. The first-order valence-corrected chi connectivity index (χ1v) is 5.24. The van der Waals surface area contributed by atoms with E-state index in [1.165, 1.54) is 0 Å². The normalized spacial score (nSPS) is 12.1. The number of halogens is 1. The molecule has 5 heteroatoms. The maximum absolute atomic E-state index is 12.6. The van der Waals surface area contributed by atoms with Gasteiger partial charge in [-0.1, -0.05) is 12.1 Å². The van der Waals surface area contributed by atoms with Gasteiger partial charge in [0.2, 0.25) is 5.95 Å². The first-order chi connectivity index (χ1) is 8.15. The van der Waals surface area contributed by atoms with Gasteiger partial charge in [0, 0.05) is 5.69 Å². The lowest BCUT2D eigenvalue weighted by molar-refractivity contribution is 0.613. The standard InChI is InChI=1S/C12H13FN4/c1-8(9-3-2-4-11(14)5-9)17-12-15-6-10(13)7-16-12/h2-8H,14H2,1H3,(H,15,16,17). The number of nitrogens with zero attached hydrogens (tertiary/aromatic N) is 2. The average molecular weight is 232 g/mol. The Bertz CT molecular complexity index is 498. The molecule has 1 aromatic heterocycles. The van der Waals surface area contributed by atoms with E-state index in [0.717, 1.165) is 18.0 Å². The van der Waals surface area contributed by atoms with Crippen molar-refractivity contribution in [1.82, 2.24) is 9.97 Å². The molecule has 1 aromatic carbocycles. The van der Waals surface area contributed by atoms with Crippen molar-refractivity contribution in [3.8, 4) is 0 Å². The van der Waals surface area contributed by atoms with Crippen molar-refractivity contribution < 1.29 is 4.39 Å². The van der Waals surface area contributed by atoms with E-state index < -0.39 is 5.82 Å². The summed E-state index contributed by atoms with van der Waals surface area (Å²) in [5.74, 6) is -0.0616. The predicted molar refractivity (Wildman–Crippen MR) is 64.9 cm³/mol. The minimum Gasteiger partial charge on any atom is -0.399 e. The Morgan fingerprint density at radius 2 is 2.00 bits per heavy atom. The third kappa shape index (κ3) is 2.90. The summed E-state index contributed by atoms with van der Waals surface area (Å²) in [6, 6.07) is 7.54. The zero-order valence-electron chi connectivity index (χ0n) is 9.39. The molecule has 0 bridgehead atoms. The minimum absolute atomic E-state index is 0.00367. The average Bonchev–Trinajstić information content (AvgIpc) is 2.32. The number of benzene rings is 1. The van der Waals surface area contributed by atoms with Crippen LogP contribution in [-0.4, -0.2) is 9.97 Å². The smallest absolute Gasteiger partial charge is 0.223 e. The highest BCUT2D eigenvalue weighted by molar-refractivity contribution is 5.43. The summed E-state index contributed by atoms with van der Waals surface area (Å²) in [7, 11) is 0. The van der Waals surface area contributed by atoms with Gasteiger partial charge in [-0.15, -0.1) is 0 Å². The molecule has 0 amide bonds. The summed E-state index contributed by atoms with van der Waals surface area (Å²) in [5, 5.41) is 3.07. The third-order valence-electron chi connectivity index (χ3n) is 2.38. The second-order valence-electron chi connectivity index (χ2n) is 3.76. The number of nitrogens with one attached hydrogen (secondary N) is 1. The Hall–Kier alpha value is -2.17. The summed E-state index contributed by atoms with van der Waals surface area (Å²) in [5.41, 5.74) is 7.43. The summed E-state index contributed by atoms with van der Waals surface area (Å²) < 4.78 is 12.6. The van der Waals surface area contributed by atoms with Crippen LogP contribution in [0.2, 0.25) is 0 Å². The molecule has 0 radical (unpaired) electrons. The molecule has 0 aliphatic carbocycles. The minimum atomic E-state index is -0.452. The molecule has 1 unspecified atom stereocenters. The molecular formula is C12H13FN4. The largest absolute Gasteiger partial charge is 0.399 e. The van der Waals surface area contributed by atoms with Crippen LogP contribution in [0.25, 0.3) is 0 Å². The maximum Gasteiger partial charge on any atom is 0.223 e. The fraction of sp³-hybridized carbons (Fsp3) is 0.167. The summed E-state index contributed by atoms with van der Waals surface area (Å²) >= 11 is 0. The van der Waals surface area contributed by atoms with E-state index in [1.807, 2.05) is 31.2 Å². The molecule has 0 aliphatic heterocycles. The first-order valence-electron chi connectivity index (χ1n) is 5.24. The fourth-order valence-corrected chi connectivity index (χ4v) is 1.49. The van der Waals surface area contributed by atoms with E-state index in [-0.39, 0.29) is 6.04 Å². The van der Waals surface area contributed by atoms with Crippen LogP contribution in [0.4, 0.5) is 16.0 Å². The molecule has 0 aliphatic rings. The fourth-order valence-electron chi connectivity index (χ4n) is 1.49. The van der Waals surface area contributed by atoms with Crippen LogP contribution in [0, 0.1) is 5.82 Å². The Morgan fingerprint density at radius 3 is 2.65 bits per heavy atom. The molecule has 1 heterocycles. The highest BCUT2D eigenvalue weighted by atomic mass is 19.1. The van der Waals surface area contributed by atoms with Gasteiger partial charge in [0.1, 0.15) is 0 Å². The van der Waals surface area contributed by atoms with Crippen molar-refractivity contribution in [3.63, 3.8) is 0 Å². The molecule has 0 saturated carbocycles. The molecular weight excluding hydrogens is 219 g/mol. The highest BCUT2D eigenvalue weighted by Gasteiger charge is 2.06. The van der Waals surface area contributed by atoms with Crippen molar-refractivity contribution >= 4 is 11.6 Å². The summed E-state index contributed by atoms with van der Waals surface area (Å²) in [6.45, 7) is 1.96. The third-order valence-corrected chi connectivity index (χ3v) is 2.38. The van der Waals surface area contributed by atoms with Crippen molar-refractivity contribution in [2.45, 2.75) is 13.0 Å². The molecule has 1 atom stereocenters. The monoisotopic (exact) mass is 232 g/mol. The second kappa shape index (κ2) is 4.78. The lowest BCUT2D eigenvalue weighted by Gasteiger charge is -2.14. The van der Waals surface area contributed by atoms with Crippen molar-refractivity contribution in [2.75, 3.05) is 11.1 Å². The number of aromatic nitrogens is 2. The van der Waals surface area contributed by atoms with Gasteiger partial charge in [-0.05, 0) is 24.6 Å². The van der Waals surface area contributed by atoms with Gasteiger partial charge in [-0.2, -0.15) is 0 Å². The van der Waals surface area contributed by atoms with E-state index in [0.29, 0.717) is 11.6 Å². The van der Waals surface area contributed by atoms with Crippen LogP contribution < -0.4 is 11.1 Å². The topological polar surface area (TPSA) is 63.8 Å². The highest BCUT2D eigenvalue weighted by Crippen LogP contribution is 2.18. The Kier molecular flexibility index (Phi) is 3.18. The van der Waals surface area contributed by atoms with E-state index in [4.69, 9.17) is 5.73 Å². The van der Waals surface area contributed by atoms with Crippen molar-refractivity contribution in [1.29, 1.82) is 0 Å². The lowest BCUT2D eigenvalue weighted by Crippen LogP contribution is -2.09. The van der Waals surface area contributed by atoms with Gasteiger partial charge in [0.15, 0.2) is 5.82 Å². The molecule has 0 spiro atoms. The zero-order valence-corrected chi connectivity index (χ0v) is 9.39.